The molecule has 0 spiro atoms. The van der Waals surface area contributed by atoms with E-state index in [1.165, 1.54) is 31.0 Å². The third-order valence-corrected chi connectivity index (χ3v) is 3.88. The lowest BCUT2D eigenvalue weighted by Crippen LogP contribution is -2.44. The SMILES string of the molecule is Cl.c1ccc(CSCCN2CCNCC2)cc1. The number of benzene rings is 1. The van der Waals surface area contributed by atoms with Crippen LogP contribution < -0.4 is 5.32 Å². The van der Waals surface area contributed by atoms with Gasteiger partial charge in [0.1, 0.15) is 0 Å². The van der Waals surface area contributed by atoms with Crippen LogP contribution in [0.5, 0.6) is 0 Å². The molecule has 0 saturated carbocycles. The molecule has 1 heterocycles. The van der Waals surface area contributed by atoms with Crippen LogP contribution in [0.4, 0.5) is 0 Å². The molecule has 2 nitrogen and oxygen atoms in total. The van der Waals surface area contributed by atoms with Gasteiger partial charge in [-0.2, -0.15) is 11.8 Å². The summed E-state index contributed by atoms with van der Waals surface area (Å²) in [7, 11) is 0. The first kappa shape index (κ1) is 14.8. The van der Waals surface area contributed by atoms with E-state index in [0.717, 1.165) is 18.8 Å². The van der Waals surface area contributed by atoms with E-state index in [4.69, 9.17) is 0 Å². The standard InChI is InChI=1S/C13H20N2S.ClH/c1-2-4-13(5-3-1)12-16-11-10-15-8-6-14-7-9-15;/h1-5,14H,6-12H2;1H. The van der Waals surface area contributed by atoms with Gasteiger partial charge in [-0.3, -0.25) is 4.90 Å². The highest BCUT2D eigenvalue weighted by molar-refractivity contribution is 7.98. The van der Waals surface area contributed by atoms with E-state index in [2.05, 4.69) is 40.5 Å². The summed E-state index contributed by atoms with van der Waals surface area (Å²) in [6.45, 7) is 5.98. The lowest BCUT2D eigenvalue weighted by atomic mass is 10.2. The van der Waals surface area contributed by atoms with Gasteiger partial charge in [0.05, 0.1) is 0 Å². The van der Waals surface area contributed by atoms with E-state index < -0.39 is 0 Å². The normalized spacial score (nSPS) is 16.5. The molecule has 1 saturated heterocycles. The highest BCUT2D eigenvalue weighted by Gasteiger charge is 2.08. The van der Waals surface area contributed by atoms with Gasteiger partial charge in [-0.1, -0.05) is 30.3 Å². The number of nitrogens with one attached hydrogen (secondary N) is 1. The smallest absolute Gasteiger partial charge is 0.0185 e. The highest BCUT2D eigenvalue weighted by atomic mass is 35.5. The second-order valence-corrected chi connectivity index (χ2v) is 5.23. The van der Waals surface area contributed by atoms with Crippen LogP contribution in [0.15, 0.2) is 30.3 Å². The summed E-state index contributed by atoms with van der Waals surface area (Å²) >= 11 is 2.04. The molecule has 1 aromatic carbocycles. The first-order valence-electron chi connectivity index (χ1n) is 6.00. The lowest BCUT2D eigenvalue weighted by Gasteiger charge is -2.26. The Bertz CT molecular complexity index is 289. The molecule has 0 bridgehead atoms. The van der Waals surface area contributed by atoms with Crippen LogP contribution in [0.25, 0.3) is 0 Å². The molecule has 1 aliphatic rings. The molecule has 0 aliphatic carbocycles. The van der Waals surface area contributed by atoms with E-state index in [1.54, 1.807) is 0 Å². The molecule has 0 radical (unpaired) electrons. The Balaban J connectivity index is 0.00000144. The Morgan fingerprint density at radius 3 is 2.53 bits per heavy atom. The zero-order valence-electron chi connectivity index (χ0n) is 10.1. The van der Waals surface area contributed by atoms with Gasteiger partial charge in [-0.05, 0) is 5.56 Å². The quantitative estimate of drug-likeness (QED) is 0.828. The summed E-state index contributed by atoms with van der Waals surface area (Å²) in [4.78, 5) is 2.55. The van der Waals surface area contributed by atoms with Gasteiger partial charge in [0.2, 0.25) is 0 Å². The molecule has 0 atom stereocenters. The van der Waals surface area contributed by atoms with Crippen molar-refractivity contribution in [2.45, 2.75) is 5.75 Å². The molecule has 0 unspecified atom stereocenters. The Morgan fingerprint density at radius 2 is 1.82 bits per heavy atom. The maximum Gasteiger partial charge on any atom is 0.0185 e. The van der Waals surface area contributed by atoms with Crippen molar-refractivity contribution in [1.29, 1.82) is 0 Å². The summed E-state index contributed by atoms with van der Waals surface area (Å²) in [6.07, 6.45) is 0. The van der Waals surface area contributed by atoms with Crippen molar-refractivity contribution >= 4 is 24.2 Å². The minimum absolute atomic E-state index is 0. The molecular formula is C13H21ClN2S. The maximum atomic E-state index is 3.38. The van der Waals surface area contributed by atoms with Gasteiger partial charge in [0, 0.05) is 44.2 Å². The second kappa shape index (κ2) is 8.81. The van der Waals surface area contributed by atoms with Gasteiger partial charge in [-0.25, -0.2) is 0 Å². The average Bonchev–Trinajstić information content (AvgIpc) is 2.37. The number of hydrogen-bond donors (Lipinski definition) is 1. The van der Waals surface area contributed by atoms with Crippen LogP contribution in [0.3, 0.4) is 0 Å². The van der Waals surface area contributed by atoms with Crippen molar-refractivity contribution in [3.63, 3.8) is 0 Å². The lowest BCUT2D eigenvalue weighted by molar-refractivity contribution is 0.255. The molecule has 1 N–H and O–H groups in total. The van der Waals surface area contributed by atoms with E-state index in [9.17, 15) is 0 Å². The zero-order valence-corrected chi connectivity index (χ0v) is 11.7. The largest absolute Gasteiger partial charge is 0.314 e. The Hall–Kier alpha value is -0.220. The number of nitrogens with zero attached hydrogens (tertiary/aromatic N) is 1. The van der Waals surface area contributed by atoms with Gasteiger partial charge < -0.3 is 5.32 Å². The molecule has 96 valence electrons. The minimum atomic E-state index is 0. The Morgan fingerprint density at radius 1 is 1.12 bits per heavy atom. The van der Waals surface area contributed by atoms with Crippen LogP contribution in [0.2, 0.25) is 0 Å². The third-order valence-electron chi connectivity index (χ3n) is 2.87. The fourth-order valence-corrected chi connectivity index (χ4v) is 2.85. The first-order valence-corrected chi connectivity index (χ1v) is 7.15. The minimum Gasteiger partial charge on any atom is -0.314 e. The average molecular weight is 273 g/mol. The van der Waals surface area contributed by atoms with Crippen molar-refractivity contribution in [2.75, 3.05) is 38.5 Å². The molecule has 4 heteroatoms. The van der Waals surface area contributed by atoms with Crippen LogP contribution in [-0.4, -0.2) is 43.4 Å². The number of rotatable bonds is 5. The summed E-state index contributed by atoms with van der Waals surface area (Å²) in [5, 5.41) is 3.38. The second-order valence-electron chi connectivity index (χ2n) is 4.13. The Labute approximate surface area is 115 Å². The fraction of sp³-hybridized carbons (Fsp3) is 0.538. The molecule has 2 rings (SSSR count). The summed E-state index contributed by atoms with van der Waals surface area (Å²) in [5.41, 5.74) is 1.44. The van der Waals surface area contributed by atoms with Crippen molar-refractivity contribution < 1.29 is 0 Å². The van der Waals surface area contributed by atoms with Gasteiger partial charge >= 0.3 is 0 Å². The number of halogens is 1. The Kier molecular flexibility index (Phi) is 7.69. The van der Waals surface area contributed by atoms with E-state index >= 15 is 0 Å². The summed E-state index contributed by atoms with van der Waals surface area (Å²) < 4.78 is 0. The molecule has 0 aromatic heterocycles. The summed E-state index contributed by atoms with van der Waals surface area (Å²) in [5.74, 6) is 2.39. The predicted molar refractivity (Wildman–Crippen MR) is 79.2 cm³/mol. The fourth-order valence-electron chi connectivity index (χ4n) is 1.89. The van der Waals surface area contributed by atoms with Gasteiger partial charge in [0.15, 0.2) is 0 Å². The van der Waals surface area contributed by atoms with E-state index in [0.29, 0.717) is 0 Å². The van der Waals surface area contributed by atoms with Crippen LogP contribution in [-0.2, 0) is 5.75 Å². The number of hydrogen-bond acceptors (Lipinski definition) is 3. The monoisotopic (exact) mass is 272 g/mol. The van der Waals surface area contributed by atoms with Crippen LogP contribution >= 0.6 is 24.2 Å². The topological polar surface area (TPSA) is 15.3 Å². The maximum absolute atomic E-state index is 3.38. The third kappa shape index (κ3) is 5.77. The van der Waals surface area contributed by atoms with Gasteiger partial charge in [0.25, 0.3) is 0 Å². The highest BCUT2D eigenvalue weighted by Crippen LogP contribution is 2.11. The number of piperazine rings is 1. The van der Waals surface area contributed by atoms with Crippen LogP contribution in [0.1, 0.15) is 5.56 Å². The first-order chi connectivity index (χ1) is 7.95. The zero-order chi connectivity index (χ0) is 11.1. The predicted octanol–water partition coefficient (Wildman–Crippen LogP) is 2.25. The molecule has 1 aliphatic heterocycles. The van der Waals surface area contributed by atoms with E-state index in [1.807, 2.05) is 11.8 Å². The van der Waals surface area contributed by atoms with Crippen molar-refractivity contribution in [2.24, 2.45) is 0 Å². The van der Waals surface area contributed by atoms with Crippen molar-refractivity contribution in [1.82, 2.24) is 10.2 Å². The van der Waals surface area contributed by atoms with E-state index in [-0.39, 0.29) is 12.4 Å². The van der Waals surface area contributed by atoms with Crippen molar-refractivity contribution in [3.05, 3.63) is 35.9 Å². The molecule has 17 heavy (non-hydrogen) atoms. The van der Waals surface area contributed by atoms with Crippen molar-refractivity contribution in [3.8, 4) is 0 Å². The molecule has 0 amide bonds. The molecule has 1 fully saturated rings. The van der Waals surface area contributed by atoms with Gasteiger partial charge in [-0.15, -0.1) is 12.4 Å². The van der Waals surface area contributed by atoms with Crippen LogP contribution in [0, 0.1) is 0 Å². The molecular weight excluding hydrogens is 252 g/mol. The number of thioether (sulfide) groups is 1. The molecule has 1 aromatic rings. The summed E-state index contributed by atoms with van der Waals surface area (Å²) in [6, 6.07) is 10.7.